The molecule has 32 heavy (non-hydrogen) atoms. The van der Waals surface area contributed by atoms with Gasteiger partial charge < -0.3 is 15.6 Å². The fourth-order valence-corrected chi connectivity index (χ4v) is 3.38. The quantitative estimate of drug-likeness (QED) is 0.378. The number of halogens is 4. The van der Waals surface area contributed by atoms with Crippen molar-refractivity contribution in [3.05, 3.63) is 83.7 Å². The van der Waals surface area contributed by atoms with E-state index >= 15 is 0 Å². The first kappa shape index (κ1) is 23.6. The summed E-state index contributed by atoms with van der Waals surface area (Å²) in [6, 6.07) is 16.3. The maximum absolute atomic E-state index is 13.7. The monoisotopic (exact) mass is 448 g/mol. The van der Waals surface area contributed by atoms with Crippen molar-refractivity contribution in [3.63, 3.8) is 0 Å². The number of nitrogen functional groups attached to an aromatic ring is 1. The Kier molecular flexibility index (Phi) is 7.37. The fourth-order valence-electron chi connectivity index (χ4n) is 3.38. The minimum atomic E-state index is -4.43. The van der Waals surface area contributed by atoms with Crippen LogP contribution < -0.4 is 10.5 Å². The van der Waals surface area contributed by atoms with Crippen molar-refractivity contribution in [2.45, 2.75) is 18.8 Å². The lowest BCUT2D eigenvalue weighted by Gasteiger charge is -2.21. The van der Waals surface area contributed by atoms with E-state index in [1.807, 2.05) is 4.90 Å². The highest BCUT2D eigenvalue weighted by Gasteiger charge is 2.33. The van der Waals surface area contributed by atoms with Crippen molar-refractivity contribution >= 4 is 5.69 Å². The van der Waals surface area contributed by atoms with Gasteiger partial charge in [0, 0.05) is 24.8 Å². The summed E-state index contributed by atoms with van der Waals surface area (Å²) in [5.74, 6) is -0.589. The third kappa shape index (κ3) is 6.21. The van der Waals surface area contributed by atoms with Crippen LogP contribution in [0.15, 0.2) is 66.7 Å². The zero-order chi connectivity index (χ0) is 23.3. The molecular weight excluding hydrogens is 424 g/mol. The zero-order valence-corrected chi connectivity index (χ0v) is 17.4. The molecule has 3 N–H and O–H groups in total. The number of ether oxygens (including phenoxy) is 1. The first-order chi connectivity index (χ1) is 15.1. The average Bonchev–Trinajstić information content (AvgIpc) is 2.73. The number of anilines is 1. The largest absolute Gasteiger partial charge is 0.488 e. The molecule has 0 fully saturated rings. The van der Waals surface area contributed by atoms with E-state index < -0.39 is 23.7 Å². The predicted molar refractivity (Wildman–Crippen MR) is 116 cm³/mol. The van der Waals surface area contributed by atoms with Crippen LogP contribution in [0.4, 0.5) is 23.2 Å². The van der Waals surface area contributed by atoms with Crippen LogP contribution in [0.5, 0.6) is 5.75 Å². The second-order valence-corrected chi connectivity index (χ2v) is 7.59. The lowest BCUT2D eigenvalue weighted by Crippen LogP contribution is -2.32. The number of hydrogen-bond donors (Lipinski definition) is 2. The minimum absolute atomic E-state index is 0.00984. The number of hydrogen-bond acceptors (Lipinski definition) is 4. The smallest absolute Gasteiger partial charge is 0.417 e. The Hall–Kier alpha value is -3.10. The molecule has 3 aromatic rings. The number of likely N-dealkylation sites (N-methyl/N-ethyl adjacent to an activating group) is 1. The molecule has 0 aliphatic carbocycles. The molecule has 0 saturated carbocycles. The van der Waals surface area contributed by atoms with Crippen LogP contribution in [-0.2, 0) is 12.7 Å². The van der Waals surface area contributed by atoms with Gasteiger partial charge in [0.05, 0.1) is 5.56 Å². The Balaban J connectivity index is 1.56. The number of benzene rings is 3. The molecule has 0 saturated heterocycles. The molecule has 8 heteroatoms. The molecule has 0 bridgehead atoms. The van der Waals surface area contributed by atoms with E-state index in [2.05, 4.69) is 0 Å². The third-order valence-electron chi connectivity index (χ3n) is 4.86. The van der Waals surface area contributed by atoms with Crippen molar-refractivity contribution in [1.82, 2.24) is 4.90 Å². The second kappa shape index (κ2) is 10.0. The van der Waals surface area contributed by atoms with Gasteiger partial charge in [0.2, 0.25) is 0 Å². The fraction of sp³-hybridized carbons (Fsp3) is 0.250. The Labute approximate surface area is 183 Å². The summed E-state index contributed by atoms with van der Waals surface area (Å²) in [7, 11) is 1.79. The molecule has 0 aromatic heterocycles. The van der Waals surface area contributed by atoms with E-state index in [9.17, 15) is 22.7 Å². The third-order valence-corrected chi connectivity index (χ3v) is 4.86. The minimum Gasteiger partial charge on any atom is -0.488 e. The topological polar surface area (TPSA) is 58.7 Å². The normalized spacial score (nSPS) is 12.7. The summed E-state index contributed by atoms with van der Waals surface area (Å²) in [4.78, 5) is 1.84. The van der Waals surface area contributed by atoms with Gasteiger partial charge in [-0.25, -0.2) is 4.39 Å². The van der Waals surface area contributed by atoms with Gasteiger partial charge in [-0.1, -0.05) is 42.5 Å². The molecule has 0 amide bonds. The van der Waals surface area contributed by atoms with E-state index in [4.69, 9.17) is 10.5 Å². The van der Waals surface area contributed by atoms with E-state index in [0.29, 0.717) is 12.1 Å². The summed E-state index contributed by atoms with van der Waals surface area (Å²) in [5.41, 5.74) is 6.57. The number of nitrogens with zero attached hydrogens (tertiary/aromatic N) is 1. The summed E-state index contributed by atoms with van der Waals surface area (Å²) in [6.07, 6.45) is -5.29. The van der Waals surface area contributed by atoms with Crippen LogP contribution in [0.2, 0.25) is 0 Å². The van der Waals surface area contributed by atoms with Crippen LogP contribution in [0.3, 0.4) is 0 Å². The maximum atomic E-state index is 13.7. The molecule has 0 aliphatic rings. The average molecular weight is 448 g/mol. The predicted octanol–water partition coefficient (Wildman–Crippen LogP) is 4.97. The highest BCUT2D eigenvalue weighted by molar-refractivity contribution is 5.68. The van der Waals surface area contributed by atoms with Gasteiger partial charge in [0.1, 0.15) is 12.7 Å². The highest BCUT2D eigenvalue weighted by Crippen LogP contribution is 2.36. The van der Waals surface area contributed by atoms with Gasteiger partial charge in [0.15, 0.2) is 11.6 Å². The standard InChI is InChI=1S/C24H24F4N2O2/c1-30(14-19(31)15-32-23-11-10-18(29)12-22(23)25)13-16-6-8-17(9-7-16)20-4-2-3-5-21(20)24(26,27)28/h2-12,19,31H,13-15,29H2,1H3. The SMILES string of the molecule is CN(Cc1ccc(-c2ccccc2C(F)(F)F)cc1)CC(O)COc1ccc(N)cc1F. The number of aliphatic hydroxyl groups is 1. The van der Waals surface area contributed by atoms with Crippen LogP contribution in [-0.4, -0.2) is 36.3 Å². The first-order valence-electron chi connectivity index (χ1n) is 9.93. The van der Waals surface area contributed by atoms with Gasteiger partial charge in [-0.05, 0) is 41.9 Å². The van der Waals surface area contributed by atoms with Gasteiger partial charge >= 0.3 is 6.18 Å². The Bertz CT molecular complexity index is 1040. The highest BCUT2D eigenvalue weighted by atomic mass is 19.4. The number of rotatable bonds is 8. The Morgan fingerprint density at radius 1 is 1.03 bits per heavy atom. The molecule has 170 valence electrons. The Morgan fingerprint density at radius 3 is 2.38 bits per heavy atom. The van der Waals surface area contributed by atoms with Crippen molar-refractivity contribution in [2.24, 2.45) is 0 Å². The zero-order valence-electron chi connectivity index (χ0n) is 17.4. The number of alkyl halides is 3. The van der Waals surface area contributed by atoms with Crippen LogP contribution in [0.1, 0.15) is 11.1 Å². The lowest BCUT2D eigenvalue weighted by atomic mass is 9.98. The molecule has 0 aliphatic heterocycles. The first-order valence-corrected chi connectivity index (χ1v) is 9.93. The van der Waals surface area contributed by atoms with E-state index in [1.54, 1.807) is 37.4 Å². The molecule has 3 rings (SSSR count). The molecule has 0 heterocycles. The summed E-state index contributed by atoms with van der Waals surface area (Å²) in [5, 5.41) is 10.2. The van der Waals surface area contributed by atoms with Crippen LogP contribution in [0, 0.1) is 5.82 Å². The van der Waals surface area contributed by atoms with Crippen molar-refractivity contribution in [3.8, 4) is 16.9 Å². The molecule has 0 spiro atoms. The van der Waals surface area contributed by atoms with Crippen molar-refractivity contribution < 1.29 is 27.4 Å². The van der Waals surface area contributed by atoms with Gasteiger partial charge in [0.25, 0.3) is 0 Å². The molecular formula is C24H24F4N2O2. The molecule has 1 atom stereocenters. The second-order valence-electron chi connectivity index (χ2n) is 7.59. The number of aliphatic hydroxyl groups excluding tert-OH is 1. The summed E-state index contributed by atoms with van der Waals surface area (Å²) < 4.78 is 58.8. The van der Waals surface area contributed by atoms with E-state index in [-0.39, 0.29) is 30.2 Å². The van der Waals surface area contributed by atoms with Crippen molar-refractivity contribution in [2.75, 3.05) is 25.9 Å². The molecule has 0 radical (unpaired) electrons. The summed E-state index contributed by atoms with van der Waals surface area (Å²) >= 11 is 0. The molecule has 1 unspecified atom stereocenters. The van der Waals surface area contributed by atoms with Gasteiger partial charge in [-0.3, -0.25) is 4.90 Å². The van der Waals surface area contributed by atoms with Crippen LogP contribution >= 0.6 is 0 Å². The lowest BCUT2D eigenvalue weighted by molar-refractivity contribution is -0.137. The van der Waals surface area contributed by atoms with Crippen molar-refractivity contribution in [1.29, 1.82) is 0 Å². The van der Waals surface area contributed by atoms with Gasteiger partial charge in [-0.2, -0.15) is 13.2 Å². The Morgan fingerprint density at radius 2 is 1.72 bits per heavy atom. The van der Waals surface area contributed by atoms with E-state index in [0.717, 1.165) is 17.7 Å². The molecule has 4 nitrogen and oxygen atoms in total. The number of nitrogens with two attached hydrogens (primary N) is 1. The van der Waals surface area contributed by atoms with Crippen LogP contribution in [0.25, 0.3) is 11.1 Å². The molecule has 3 aromatic carbocycles. The maximum Gasteiger partial charge on any atom is 0.417 e. The summed E-state index contributed by atoms with van der Waals surface area (Å²) in [6.45, 7) is 0.627. The van der Waals surface area contributed by atoms with Gasteiger partial charge in [-0.15, -0.1) is 0 Å². The van der Waals surface area contributed by atoms with E-state index in [1.165, 1.54) is 24.3 Å².